The number of nitrogens with zero attached hydrogens (tertiary/aromatic N) is 4. The van der Waals surface area contributed by atoms with E-state index in [1.54, 1.807) is 0 Å². The lowest BCUT2D eigenvalue weighted by Crippen LogP contribution is -1.97. The maximum Gasteiger partial charge on any atom is 0.231 e. The first-order valence-electron chi connectivity index (χ1n) is 13.5. The molecule has 0 fully saturated rings. The molecule has 8 aromatic rings. The van der Waals surface area contributed by atoms with Gasteiger partial charge in [0, 0.05) is 33.0 Å². The van der Waals surface area contributed by atoms with Crippen LogP contribution < -0.4 is 0 Å². The highest BCUT2D eigenvalue weighted by molar-refractivity contribution is 6.10. The summed E-state index contributed by atoms with van der Waals surface area (Å²) in [6.07, 6.45) is 0. The van der Waals surface area contributed by atoms with Gasteiger partial charge in [-0.2, -0.15) is 4.98 Å². The van der Waals surface area contributed by atoms with Gasteiger partial charge in [-0.15, -0.1) is 0 Å². The van der Waals surface area contributed by atoms with Crippen LogP contribution in [0.1, 0.15) is 0 Å². The van der Waals surface area contributed by atoms with Gasteiger partial charge in [0.15, 0.2) is 11.6 Å². The van der Waals surface area contributed by atoms with Gasteiger partial charge in [-0.25, -0.2) is 15.0 Å². The Bertz CT molecular complexity index is 2210. The van der Waals surface area contributed by atoms with E-state index in [2.05, 4.69) is 42.5 Å². The van der Waals surface area contributed by atoms with Gasteiger partial charge in [-0.3, -0.25) is 0 Å². The van der Waals surface area contributed by atoms with E-state index in [1.165, 1.54) is 0 Å². The van der Waals surface area contributed by atoms with Crippen LogP contribution in [0.3, 0.4) is 0 Å². The quantitative estimate of drug-likeness (QED) is 0.229. The average molecular weight is 527 g/mol. The van der Waals surface area contributed by atoms with Crippen LogP contribution in [0.2, 0.25) is 0 Å². The molecule has 8 rings (SSSR count). The minimum Gasteiger partial charge on any atom is -0.438 e. The largest absolute Gasteiger partial charge is 0.438 e. The first kappa shape index (κ1) is 23.2. The molecule has 0 amide bonds. The summed E-state index contributed by atoms with van der Waals surface area (Å²) in [5, 5.41) is 2.93. The zero-order chi connectivity index (χ0) is 27.2. The SMILES string of the molecule is c1ccc(-c2nc(-c3cccc(-c4nc(-c5ccccc5)c5c(n4)oc4ccccc45)c3)nc3ccccc23)cc1. The summed E-state index contributed by atoms with van der Waals surface area (Å²) < 4.78 is 6.23. The summed E-state index contributed by atoms with van der Waals surface area (Å²) in [7, 11) is 0. The molecule has 0 saturated heterocycles. The third-order valence-electron chi connectivity index (χ3n) is 7.32. The first-order valence-corrected chi connectivity index (χ1v) is 13.5. The maximum atomic E-state index is 6.23. The van der Waals surface area contributed by atoms with Gasteiger partial charge in [0.25, 0.3) is 0 Å². The molecule has 5 nitrogen and oxygen atoms in total. The first-order chi connectivity index (χ1) is 20.3. The molecular weight excluding hydrogens is 504 g/mol. The monoisotopic (exact) mass is 526 g/mol. The third kappa shape index (κ3) is 4.03. The molecule has 0 spiro atoms. The van der Waals surface area contributed by atoms with Gasteiger partial charge in [-0.1, -0.05) is 115 Å². The van der Waals surface area contributed by atoms with Crippen LogP contribution in [0.25, 0.3) is 78.3 Å². The van der Waals surface area contributed by atoms with E-state index in [4.69, 9.17) is 24.4 Å². The van der Waals surface area contributed by atoms with Crippen LogP contribution in [0, 0.1) is 0 Å². The molecule has 3 aromatic heterocycles. The van der Waals surface area contributed by atoms with Gasteiger partial charge >= 0.3 is 0 Å². The standard InChI is InChI=1S/C36H22N4O/c1-3-12-23(13-4-1)32-27-18-7-9-20-29(27)37-34(38-32)25-16-11-17-26(22-25)35-39-33(24-14-5-2-6-15-24)31-28-19-8-10-21-30(28)41-36(31)40-35/h1-22H. The van der Waals surface area contributed by atoms with E-state index in [-0.39, 0.29) is 0 Å². The second kappa shape index (κ2) is 9.50. The van der Waals surface area contributed by atoms with Crippen molar-refractivity contribution in [2.24, 2.45) is 0 Å². The van der Waals surface area contributed by atoms with Gasteiger partial charge in [0.05, 0.1) is 22.3 Å². The molecule has 0 atom stereocenters. The Morgan fingerprint density at radius 3 is 1.73 bits per heavy atom. The van der Waals surface area contributed by atoms with E-state index in [9.17, 15) is 0 Å². The molecule has 0 aliphatic rings. The van der Waals surface area contributed by atoms with Crippen LogP contribution in [0.5, 0.6) is 0 Å². The number of aromatic nitrogens is 4. The zero-order valence-corrected chi connectivity index (χ0v) is 21.9. The molecule has 0 bridgehead atoms. The molecule has 192 valence electrons. The van der Waals surface area contributed by atoms with Crippen LogP contribution in [-0.2, 0) is 0 Å². The van der Waals surface area contributed by atoms with Crippen LogP contribution >= 0.6 is 0 Å². The lowest BCUT2D eigenvalue weighted by atomic mass is 10.0. The Morgan fingerprint density at radius 2 is 0.976 bits per heavy atom. The molecule has 0 N–H and O–H groups in total. The molecular formula is C36H22N4O. The van der Waals surface area contributed by atoms with E-state index < -0.39 is 0 Å². The lowest BCUT2D eigenvalue weighted by molar-refractivity contribution is 0.653. The van der Waals surface area contributed by atoms with Crippen molar-refractivity contribution in [3.63, 3.8) is 0 Å². The Balaban J connectivity index is 1.32. The fourth-order valence-electron chi connectivity index (χ4n) is 5.38. The van der Waals surface area contributed by atoms with Gasteiger partial charge in [0.1, 0.15) is 5.58 Å². The molecule has 0 aliphatic carbocycles. The number of fused-ring (bicyclic) bond motifs is 4. The van der Waals surface area contributed by atoms with E-state index in [0.29, 0.717) is 17.4 Å². The van der Waals surface area contributed by atoms with Crippen molar-refractivity contribution in [3.8, 4) is 45.3 Å². The van der Waals surface area contributed by atoms with Crippen molar-refractivity contribution in [2.75, 3.05) is 0 Å². The number of hydrogen-bond donors (Lipinski definition) is 0. The van der Waals surface area contributed by atoms with Crippen LogP contribution in [0.15, 0.2) is 138 Å². The predicted molar refractivity (Wildman–Crippen MR) is 164 cm³/mol. The van der Waals surface area contributed by atoms with Gasteiger partial charge < -0.3 is 4.42 Å². The van der Waals surface area contributed by atoms with Crippen molar-refractivity contribution in [2.45, 2.75) is 0 Å². The Labute approximate surface area is 235 Å². The molecule has 5 heteroatoms. The molecule has 0 saturated carbocycles. The second-order valence-corrected chi connectivity index (χ2v) is 9.90. The topological polar surface area (TPSA) is 64.7 Å². The molecule has 5 aromatic carbocycles. The molecule has 3 heterocycles. The summed E-state index contributed by atoms with van der Waals surface area (Å²) in [5.41, 5.74) is 7.81. The summed E-state index contributed by atoms with van der Waals surface area (Å²) in [6, 6.07) is 44.6. The van der Waals surface area contributed by atoms with Crippen molar-refractivity contribution in [1.29, 1.82) is 0 Å². The molecule has 41 heavy (non-hydrogen) atoms. The molecule has 0 radical (unpaired) electrons. The number of rotatable bonds is 4. The highest BCUT2D eigenvalue weighted by atomic mass is 16.3. The predicted octanol–water partition coefficient (Wildman–Crippen LogP) is 8.99. The normalized spacial score (nSPS) is 11.4. The lowest BCUT2D eigenvalue weighted by Gasteiger charge is -2.10. The number of hydrogen-bond acceptors (Lipinski definition) is 5. The minimum atomic E-state index is 0.564. The number of benzene rings is 5. The molecule has 0 unspecified atom stereocenters. The maximum absolute atomic E-state index is 6.23. The smallest absolute Gasteiger partial charge is 0.231 e. The number of furan rings is 1. The fourth-order valence-corrected chi connectivity index (χ4v) is 5.38. The Kier molecular flexibility index (Phi) is 5.38. The summed E-state index contributed by atoms with van der Waals surface area (Å²) in [6.45, 7) is 0. The van der Waals surface area contributed by atoms with E-state index in [1.807, 2.05) is 91.0 Å². The Morgan fingerprint density at radius 1 is 0.415 bits per heavy atom. The highest BCUT2D eigenvalue weighted by Gasteiger charge is 2.18. The van der Waals surface area contributed by atoms with Crippen LogP contribution in [-0.4, -0.2) is 19.9 Å². The minimum absolute atomic E-state index is 0.564. The van der Waals surface area contributed by atoms with Crippen molar-refractivity contribution >= 4 is 33.0 Å². The summed E-state index contributed by atoms with van der Waals surface area (Å²) >= 11 is 0. The Hall–Kier alpha value is -5.68. The van der Waals surface area contributed by atoms with Crippen LogP contribution in [0.4, 0.5) is 0 Å². The van der Waals surface area contributed by atoms with Gasteiger partial charge in [-0.05, 0) is 18.2 Å². The van der Waals surface area contributed by atoms with Crippen molar-refractivity contribution in [3.05, 3.63) is 133 Å². The van der Waals surface area contributed by atoms with Crippen molar-refractivity contribution in [1.82, 2.24) is 19.9 Å². The zero-order valence-electron chi connectivity index (χ0n) is 21.9. The summed E-state index contributed by atoms with van der Waals surface area (Å²) in [5.74, 6) is 1.24. The average Bonchev–Trinajstić information content (AvgIpc) is 3.43. The molecule has 0 aliphatic heterocycles. The van der Waals surface area contributed by atoms with Gasteiger partial charge in [0.2, 0.25) is 5.71 Å². The fraction of sp³-hybridized carbons (Fsp3) is 0. The van der Waals surface area contributed by atoms with E-state index >= 15 is 0 Å². The highest BCUT2D eigenvalue weighted by Crippen LogP contribution is 2.37. The van der Waals surface area contributed by atoms with E-state index in [0.717, 1.165) is 60.9 Å². The van der Waals surface area contributed by atoms with Crippen molar-refractivity contribution < 1.29 is 4.42 Å². The summed E-state index contributed by atoms with van der Waals surface area (Å²) in [4.78, 5) is 20.0. The second-order valence-electron chi connectivity index (χ2n) is 9.90. The number of para-hydroxylation sites is 2. The third-order valence-corrected chi connectivity index (χ3v) is 7.32.